The normalized spacial score (nSPS) is 13.9. The van der Waals surface area contributed by atoms with Crippen molar-refractivity contribution in [1.29, 1.82) is 0 Å². The monoisotopic (exact) mass is 480 g/mol. The summed E-state index contributed by atoms with van der Waals surface area (Å²) in [5.74, 6) is 1.21. The van der Waals surface area contributed by atoms with Crippen LogP contribution in [0.2, 0.25) is 0 Å². The number of nitrogens with one attached hydrogen (secondary N) is 1. The lowest BCUT2D eigenvalue weighted by Gasteiger charge is -2.29. The SMILES string of the molecule is COc1ccc(C2=NN(Cc3ccc(NC(=O)CN(C(C)C)C(C)C)cc3)C(=O)CC2)cc1OC. The van der Waals surface area contributed by atoms with E-state index in [0.717, 1.165) is 22.5 Å². The molecule has 0 fully saturated rings. The zero-order chi connectivity index (χ0) is 25.5. The standard InChI is InChI=1S/C27H36N4O4/c1-18(2)30(19(3)4)17-26(32)28-22-10-7-20(8-11-22)16-31-27(33)14-12-23(29-31)21-9-13-24(34-5)25(15-21)35-6/h7-11,13,15,18-19H,12,14,16-17H2,1-6H3,(H,28,32). The molecule has 1 aliphatic rings. The molecule has 1 N–H and O–H groups in total. The van der Waals surface area contributed by atoms with Crippen LogP contribution >= 0.6 is 0 Å². The number of anilines is 1. The van der Waals surface area contributed by atoms with E-state index in [4.69, 9.17) is 9.47 Å². The fraction of sp³-hybridized carbons (Fsp3) is 0.444. The van der Waals surface area contributed by atoms with Crippen molar-refractivity contribution in [1.82, 2.24) is 9.91 Å². The van der Waals surface area contributed by atoms with Gasteiger partial charge in [-0.05, 0) is 63.6 Å². The van der Waals surface area contributed by atoms with Gasteiger partial charge < -0.3 is 14.8 Å². The number of amides is 2. The fourth-order valence-electron chi connectivity index (χ4n) is 4.14. The van der Waals surface area contributed by atoms with Gasteiger partial charge in [0.1, 0.15) is 0 Å². The number of hydrogen-bond donors (Lipinski definition) is 1. The molecule has 0 saturated carbocycles. The molecule has 0 aliphatic carbocycles. The Kier molecular flexibility index (Phi) is 8.87. The van der Waals surface area contributed by atoms with Crippen molar-refractivity contribution < 1.29 is 19.1 Å². The number of carbonyl (C=O) groups is 2. The van der Waals surface area contributed by atoms with Crippen LogP contribution in [0.25, 0.3) is 0 Å². The number of carbonyl (C=O) groups excluding carboxylic acids is 2. The third-order valence-corrected chi connectivity index (χ3v) is 6.04. The molecular weight excluding hydrogens is 444 g/mol. The van der Waals surface area contributed by atoms with Crippen LogP contribution < -0.4 is 14.8 Å². The summed E-state index contributed by atoms with van der Waals surface area (Å²) in [6.07, 6.45) is 0.961. The molecule has 0 saturated heterocycles. The Bertz CT molecular complexity index is 1060. The Morgan fingerprint density at radius 3 is 2.26 bits per heavy atom. The first kappa shape index (κ1) is 26.2. The predicted molar refractivity (Wildman–Crippen MR) is 138 cm³/mol. The van der Waals surface area contributed by atoms with Crippen LogP contribution in [0.15, 0.2) is 47.6 Å². The second-order valence-corrected chi connectivity index (χ2v) is 9.17. The number of benzene rings is 2. The van der Waals surface area contributed by atoms with Gasteiger partial charge in [-0.15, -0.1) is 0 Å². The topological polar surface area (TPSA) is 83.5 Å². The first-order valence-corrected chi connectivity index (χ1v) is 12.0. The summed E-state index contributed by atoms with van der Waals surface area (Å²) in [5.41, 5.74) is 3.38. The minimum absolute atomic E-state index is 0.0194. The van der Waals surface area contributed by atoms with Crippen LogP contribution in [0.4, 0.5) is 5.69 Å². The third-order valence-electron chi connectivity index (χ3n) is 6.04. The number of hydrazone groups is 1. The molecule has 0 bridgehead atoms. The van der Waals surface area contributed by atoms with Crippen molar-refractivity contribution in [3.8, 4) is 11.5 Å². The lowest BCUT2D eigenvalue weighted by Crippen LogP contribution is -2.42. The molecule has 0 spiro atoms. The van der Waals surface area contributed by atoms with E-state index in [2.05, 4.69) is 43.0 Å². The first-order chi connectivity index (χ1) is 16.7. The molecule has 35 heavy (non-hydrogen) atoms. The van der Waals surface area contributed by atoms with Crippen molar-refractivity contribution >= 4 is 23.2 Å². The highest BCUT2D eigenvalue weighted by atomic mass is 16.5. The second-order valence-electron chi connectivity index (χ2n) is 9.17. The molecule has 0 aromatic heterocycles. The highest BCUT2D eigenvalue weighted by molar-refractivity contribution is 6.04. The summed E-state index contributed by atoms with van der Waals surface area (Å²) in [7, 11) is 3.19. The van der Waals surface area contributed by atoms with Gasteiger partial charge in [0.05, 0.1) is 33.0 Å². The van der Waals surface area contributed by atoms with E-state index in [1.54, 1.807) is 14.2 Å². The van der Waals surface area contributed by atoms with E-state index in [9.17, 15) is 9.59 Å². The van der Waals surface area contributed by atoms with Crippen LogP contribution in [0, 0.1) is 0 Å². The van der Waals surface area contributed by atoms with Crippen molar-refractivity contribution in [2.45, 2.75) is 59.2 Å². The summed E-state index contributed by atoms with van der Waals surface area (Å²) >= 11 is 0. The molecule has 0 radical (unpaired) electrons. The molecule has 2 amide bonds. The van der Waals surface area contributed by atoms with Gasteiger partial charge in [-0.3, -0.25) is 14.5 Å². The average molecular weight is 481 g/mol. The maximum absolute atomic E-state index is 12.5. The van der Waals surface area contributed by atoms with E-state index in [0.29, 0.717) is 37.4 Å². The number of rotatable bonds is 10. The summed E-state index contributed by atoms with van der Waals surface area (Å²) in [6.45, 7) is 9.04. The van der Waals surface area contributed by atoms with Crippen molar-refractivity contribution in [2.75, 3.05) is 26.1 Å². The lowest BCUT2D eigenvalue weighted by atomic mass is 10.0. The largest absolute Gasteiger partial charge is 0.493 e. The van der Waals surface area contributed by atoms with Gasteiger partial charge in [-0.25, -0.2) is 5.01 Å². The van der Waals surface area contributed by atoms with Crippen molar-refractivity contribution in [2.24, 2.45) is 5.10 Å². The van der Waals surface area contributed by atoms with E-state index in [1.165, 1.54) is 5.01 Å². The minimum Gasteiger partial charge on any atom is -0.493 e. The van der Waals surface area contributed by atoms with Crippen LogP contribution in [0.5, 0.6) is 11.5 Å². The zero-order valence-electron chi connectivity index (χ0n) is 21.5. The zero-order valence-corrected chi connectivity index (χ0v) is 21.5. The van der Waals surface area contributed by atoms with Crippen molar-refractivity contribution in [3.63, 3.8) is 0 Å². The molecule has 0 atom stereocenters. The van der Waals surface area contributed by atoms with Crippen LogP contribution in [-0.2, 0) is 16.1 Å². The fourth-order valence-corrected chi connectivity index (χ4v) is 4.14. The first-order valence-electron chi connectivity index (χ1n) is 12.0. The molecule has 1 aliphatic heterocycles. The van der Waals surface area contributed by atoms with Gasteiger partial charge in [0.2, 0.25) is 11.8 Å². The van der Waals surface area contributed by atoms with Gasteiger partial charge in [-0.2, -0.15) is 5.10 Å². The minimum atomic E-state index is -0.0458. The smallest absolute Gasteiger partial charge is 0.243 e. The number of hydrogen-bond acceptors (Lipinski definition) is 6. The van der Waals surface area contributed by atoms with Gasteiger partial charge >= 0.3 is 0 Å². The second kappa shape index (κ2) is 11.8. The van der Waals surface area contributed by atoms with Crippen molar-refractivity contribution in [3.05, 3.63) is 53.6 Å². The summed E-state index contributed by atoms with van der Waals surface area (Å²) in [5, 5.41) is 9.09. The Hall–Kier alpha value is -3.39. The molecule has 0 unspecified atom stereocenters. The summed E-state index contributed by atoms with van der Waals surface area (Å²) in [6, 6.07) is 13.7. The molecule has 188 valence electrons. The maximum atomic E-state index is 12.5. The van der Waals surface area contributed by atoms with Gasteiger partial charge in [0.25, 0.3) is 0 Å². The molecular formula is C27H36N4O4. The molecule has 2 aromatic rings. The van der Waals surface area contributed by atoms with E-state index < -0.39 is 0 Å². The maximum Gasteiger partial charge on any atom is 0.243 e. The predicted octanol–water partition coefficient (Wildman–Crippen LogP) is 4.29. The Morgan fingerprint density at radius 1 is 1.00 bits per heavy atom. The van der Waals surface area contributed by atoms with E-state index >= 15 is 0 Å². The van der Waals surface area contributed by atoms with E-state index in [-0.39, 0.29) is 23.9 Å². The highest BCUT2D eigenvalue weighted by Gasteiger charge is 2.22. The molecule has 1 heterocycles. The summed E-state index contributed by atoms with van der Waals surface area (Å²) < 4.78 is 10.7. The van der Waals surface area contributed by atoms with Gasteiger partial charge in [-0.1, -0.05) is 12.1 Å². The third kappa shape index (κ3) is 6.82. The van der Waals surface area contributed by atoms with Crippen LogP contribution in [0.1, 0.15) is 51.7 Å². The van der Waals surface area contributed by atoms with Gasteiger partial charge in [0, 0.05) is 36.2 Å². The molecule has 3 rings (SSSR count). The molecule has 2 aromatic carbocycles. The highest BCUT2D eigenvalue weighted by Crippen LogP contribution is 2.29. The van der Waals surface area contributed by atoms with Crippen LogP contribution in [0.3, 0.4) is 0 Å². The molecule has 8 heteroatoms. The number of nitrogens with zero attached hydrogens (tertiary/aromatic N) is 3. The lowest BCUT2D eigenvalue weighted by molar-refractivity contribution is -0.132. The van der Waals surface area contributed by atoms with Gasteiger partial charge in [0.15, 0.2) is 11.5 Å². The Labute approximate surface area is 207 Å². The van der Waals surface area contributed by atoms with Crippen LogP contribution in [-0.4, -0.2) is 60.3 Å². The molecule has 8 nitrogen and oxygen atoms in total. The Morgan fingerprint density at radius 2 is 1.66 bits per heavy atom. The number of methoxy groups -OCH3 is 2. The summed E-state index contributed by atoms with van der Waals surface area (Å²) in [4.78, 5) is 27.2. The quantitative estimate of drug-likeness (QED) is 0.549. The van der Waals surface area contributed by atoms with E-state index in [1.807, 2.05) is 42.5 Å². The Balaban J connectivity index is 1.67. The number of ether oxygens (including phenoxy) is 2. The average Bonchev–Trinajstić information content (AvgIpc) is 2.84.